The fourth-order valence-electron chi connectivity index (χ4n) is 2.04. The molecule has 7 nitrogen and oxygen atoms in total. The zero-order chi connectivity index (χ0) is 14.0. The summed E-state index contributed by atoms with van der Waals surface area (Å²) in [4.78, 5) is 22.0. The fourth-order valence-corrected chi connectivity index (χ4v) is 2.04. The minimum atomic E-state index is -0.587. The maximum Gasteiger partial charge on any atom is 0.271 e. The fraction of sp³-hybridized carbons (Fsp3) is 0.417. The molecule has 0 bridgehead atoms. The molecular formula is C12H14N2O5. The second-order valence-electron chi connectivity index (χ2n) is 4.42. The Bertz CT molecular complexity index is 517. The van der Waals surface area contributed by atoms with Gasteiger partial charge in [-0.1, -0.05) is 0 Å². The number of nitro benzene ring substituents is 1. The second kappa shape index (κ2) is 5.23. The van der Waals surface area contributed by atoms with E-state index in [1.54, 1.807) is 6.92 Å². The number of anilines is 1. The van der Waals surface area contributed by atoms with E-state index < -0.39 is 4.92 Å². The van der Waals surface area contributed by atoms with Gasteiger partial charge in [0.2, 0.25) is 5.91 Å². The first-order chi connectivity index (χ1) is 8.99. The SMILES string of the molecule is CC1OCCC1C(=O)Nc1cc([N+](=O)[O-])ccc1O. The molecular weight excluding hydrogens is 252 g/mol. The summed E-state index contributed by atoms with van der Waals surface area (Å²) in [7, 11) is 0. The zero-order valence-electron chi connectivity index (χ0n) is 10.3. The molecule has 1 aromatic rings. The minimum Gasteiger partial charge on any atom is -0.506 e. The number of amides is 1. The molecule has 2 N–H and O–H groups in total. The third-order valence-corrected chi connectivity index (χ3v) is 3.16. The number of rotatable bonds is 3. The number of carbonyl (C=O) groups excluding carboxylic acids is 1. The van der Waals surface area contributed by atoms with Gasteiger partial charge in [-0.25, -0.2) is 0 Å². The van der Waals surface area contributed by atoms with Gasteiger partial charge in [-0.2, -0.15) is 0 Å². The molecule has 0 aromatic heterocycles. The highest BCUT2D eigenvalue weighted by atomic mass is 16.6. The molecule has 1 saturated heterocycles. The molecule has 19 heavy (non-hydrogen) atoms. The van der Waals surface area contributed by atoms with Gasteiger partial charge >= 0.3 is 0 Å². The lowest BCUT2D eigenvalue weighted by atomic mass is 10.0. The first-order valence-corrected chi connectivity index (χ1v) is 5.89. The minimum absolute atomic E-state index is 0.0401. The van der Waals surface area contributed by atoms with Gasteiger partial charge in [-0.05, 0) is 19.4 Å². The van der Waals surface area contributed by atoms with Crippen LogP contribution in [0.15, 0.2) is 18.2 Å². The van der Waals surface area contributed by atoms with Gasteiger partial charge in [0.25, 0.3) is 5.69 Å². The molecule has 1 aliphatic heterocycles. The lowest BCUT2D eigenvalue weighted by Crippen LogP contribution is -2.27. The van der Waals surface area contributed by atoms with E-state index in [0.29, 0.717) is 13.0 Å². The van der Waals surface area contributed by atoms with Crippen LogP contribution in [0, 0.1) is 16.0 Å². The van der Waals surface area contributed by atoms with Gasteiger partial charge in [0.05, 0.1) is 22.6 Å². The predicted molar refractivity (Wildman–Crippen MR) is 66.9 cm³/mol. The quantitative estimate of drug-likeness (QED) is 0.492. The maximum atomic E-state index is 12.0. The molecule has 7 heteroatoms. The molecule has 2 unspecified atom stereocenters. The predicted octanol–water partition coefficient (Wildman–Crippen LogP) is 1.66. The van der Waals surface area contributed by atoms with Crippen LogP contribution in [0.4, 0.5) is 11.4 Å². The summed E-state index contributed by atoms with van der Waals surface area (Å²) < 4.78 is 5.28. The van der Waals surface area contributed by atoms with Crippen molar-refractivity contribution in [2.24, 2.45) is 5.92 Å². The van der Waals surface area contributed by atoms with Crippen molar-refractivity contribution in [1.82, 2.24) is 0 Å². The van der Waals surface area contributed by atoms with Crippen LogP contribution in [-0.4, -0.2) is 28.6 Å². The van der Waals surface area contributed by atoms with Crippen molar-refractivity contribution >= 4 is 17.3 Å². The number of nitrogens with zero attached hydrogens (tertiary/aromatic N) is 1. The number of nitro groups is 1. The van der Waals surface area contributed by atoms with E-state index >= 15 is 0 Å². The molecule has 2 atom stereocenters. The molecule has 1 amide bonds. The first kappa shape index (κ1) is 13.3. The zero-order valence-corrected chi connectivity index (χ0v) is 10.3. The van der Waals surface area contributed by atoms with E-state index in [1.807, 2.05) is 0 Å². The number of carbonyl (C=O) groups is 1. The van der Waals surface area contributed by atoms with Gasteiger partial charge in [-0.15, -0.1) is 0 Å². The van der Waals surface area contributed by atoms with Gasteiger partial charge in [-0.3, -0.25) is 14.9 Å². The summed E-state index contributed by atoms with van der Waals surface area (Å²) in [6.45, 7) is 2.31. The molecule has 1 aliphatic rings. The first-order valence-electron chi connectivity index (χ1n) is 5.89. The van der Waals surface area contributed by atoms with E-state index in [-0.39, 0.29) is 35.1 Å². The van der Waals surface area contributed by atoms with Crippen LogP contribution in [0.1, 0.15) is 13.3 Å². The van der Waals surface area contributed by atoms with E-state index in [4.69, 9.17) is 4.74 Å². The molecule has 1 heterocycles. The van der Waals surface area contributed by atoms with Crippen molar-refractivity contribution in [3.8, 4) is 5.75 Å². The van der Waals surface area contributed by atoms with Crippen LogP contribution in [0.5, 0.6) is 5.75 Å². The van der Waals surface area contributed by atoms with Gasteiger partial charge in [0.15, 0.2) is 0 Å². The number of phenols is 1. The lowest BCUT2D eigenvalue weighted by molar-refractivity contribution is -0.384. The van der Waals surface area contributed by atoms with Crippen molar-refractivity contribution in [1.29, 1.82) is 0 Å². The third kappa shape index (κ3) is 2.82. The average Bonchev–Trinajstić information content (AvgIpc) is 2.78. The summed E-state index contributed by atoms with van der Waals surface area (Å²) in [5, 5.41) is 22.8. The number of hydrogen-bond donors (Lipinski definition) is 2. The number of aromatic hydroxyl groups is 1. The summed E-state index contributed by atoms with van der Waals surface area (Å²) in [6.07, 6.45) is 0.406. The molecule has 0 saturated carbocycles. The second-order valence-corrected chi connectivity index (χ2v) is 4.42. The molecule has 0 spiro atoms. The molecule has 0 radical (unpaired) electrons. The molecule has 1 aromatic carbocycles. The van der Waals surface area contributed by atoms with Crippen molar-refractivity contribution in [2.75, 3.05) is 11.9 Å². The van der Waals surface area contributed by atoms with Crippen molar-refractivity contribution in [2.45, 2.75) is 19.4 Å². The number of hydrogen-bond acceptors (Lipinski definition) is 5. The normalized spacial score (nSPS) is 22.2. The third-order valence-electron chi connectivity index (χ3n) is 3.16. The summed E-state index contributed by atoms with van der Waals surface area (Å²) in [5.41, 5.74) is -0.151. The highest BCUT2D eigenvalue weighted by Crippen LogP contribution is 2.29. The smallest absolute Gasteiger partial charge is 0.271 e. The number of benzene rings is 1. The van der Waals surface area contributed by atoms with E-state index in [9.17, 15) is 20.0 Å². The van der Waals surface area contributed by atoms with Crippen LogP contribution in [-0.2, 0) is 9.53 Å². The number of nitrogens with one attached hydrogen (secondary N) is 1. The summed E-state index contributed by atoms with van der Waals surface area (Å²) >= 11 is 0. The molecule has 1 fully saturated rings. The Morgan fingerprint density at radius 2 is 2.32 bits per heavy atom. The average molecular weight is 266 g/mol. The Morgan fingerprint density at radius 3 is 2.89 bits per heavy atom. The molecule has 2 rings (SSSR count). The van der Waals surface area contributed by atoms with Crippen LogP contribution < -0.4 is 5.32 Å². The number of ether oxygens (including phenoxy) is 1. The van der Waals surface area contributed by atoms with Crippen LogP contribution in [0.25, 0.3) is 0 Å². The molecule has 0 aliphatic carbocycles. The highest BCUT2D eigenvalue weighted by Gasteiger charge is 2.31. The number of non-ortho nitro benzene ring substituents is 1. The van der Waals surface area contributed by atoms with Crippen LogP contribution in [0.3, 0.4) is 0 Å². The van der Waals surface area contributed by atoms with E-state index in [2.05, 4.69) is 5.32 Å². The maximum absolute atomic E-state index is 12.0. The summed E-state index contributed by atoms with van der Waals surface area (Å²) in [5.74, 6) is -0.815. The number of phenolic OH excluding ortho intramolecular Hbond substituents is 1. The Balaban J connectivity index is 2.16. The van der Waals surface area contributed by atoms with E-state index in [1.165, 1.54) is 12.1 Å². The Morgan fingerprint density at radius 1 is 1.58 bits per heavy atom. The Labute approximate surface area is 109 Å². The summed E-state index contributed by atoms with van der Waals surface area (Å²) in [6, 6.07) is 3.49. The lowest BCUT2D eigenvalue weighted by Gasteiger charge is -2.14. The van der Waals surface area contributed by atoms with Gasteiger partial charge < -0.3 is 15.2 Å². The monoisotopic (exact) mass is 266 g/mol. The van der Waals surface area contributed by atoms with Crippen molar-refractivity contribution in [3.05, 3.63) is 28.3 Å². The van der Waals surface area contributed by atoms with Crippen molar-refractivity contribution < 1.29 is 19.6 Å². The van der Waals surface area contributed by atoms with Gasteiger partial charge in [0.1, 0.15) is 5.75 Å². The van der Waals surface area contributed by atoms with Crippen molar-refractivity contribution in [3.63, 3.8) is 0 Å². The molecule has 102 valence electrons. The topological polar surface area (TPSA) is 102 Å². The Kier molecular flexibility index (Phi) is 3.66. The van der Waals surface area contributed by atoms with E-state index in [0.717, 1.165) is 6.07 Å². The largest absolute Gasteiger partial charge is 0.506 e. The standard InChI is InChI=1S/C12H14N2O5/c1-7-9(4-5-19-7)12(16)13-10-6-8(14(17)18)2-3-11(10)15/h2-3,6-7,9,15H,4-5H2,1H3,(H,13,16). The highest BCUT2D eigenvalue weighted by molar-refractivity contribution is 5.94. The van der Waals surface area contributed by atoms with Crippen LogP contribution >= 0.6 is 0 Å². The Hall–Kier alpha value is -2.15. The van der Waals surface area contributed by atoms with Gasteiger partial charge in [0, 0.05) is 18.7 Å². The van der Waals surface area contributed by atoms with Crippen LogP contribution in [0.2, 0.25) is 0 Å².